The first-order valence-corrected chi connectivity index (χ1v) is 7.03. The van der Waals surface area contributed by atoms with Gasteiger partial charge in [-0.25, -0.2) is 0 Å². The molecule has 0 radical (unpaired) electrons. The summed E-state index contributed by atoms with van der Waals surface area (Å²) in [7, 11) is 0. The number of rotatable bonds is 8. The van der Waals surface area contributed by atoms with Crippen molar-refractivity contribution in [3.63, 3.8) is 0 Å². The third kappa shape index (κ3) is 6.06. The lowest BCUT2D eigenvalue weighted by molar-refractivity contribution is 0.294. The second-order valence-electron chi connectivity index (χ2n) is 5.53. The van der Waals surface area contributed by atoms with Gasteiger partial charge in [0, 0.05) is 18.2 Å². The van der Waals surface area contributed by atoms with Gasteiger partial charge < -0.3 is 10.1 Å². The molecule has 0 atom stereocenters. The third-order valence-corrected chi connectivity index (χ3v) is 2.86. The van der Waals surface area contributed by atoms with Crippen molar-refractivity contribution in [3.8, 4) is 5.75 Å². The molecule has 0 bridgehead atoms. The van der Waals surface area contributed by atoms with Crippen LogP contribution in [0.3, 0.4) is 0 Å². The Balaban J connectivity index is 2.43. The summed E-state index contributed by atoms with van der Waals surface area (Å²) in [6, 6.07) is 8.80. The minimum Gasteiger partial charge on any atom is -0.493 e. The van der Waals surface area contributed by atoms with Gasteiger partial charge in [0.25, 0.3) is 0 Å². The van der Waals surface area contributed by atoms with E-state index in [1.54, 1.807) is 0 Å². The van der Waals surface area contributed by atoms with Crippen LogP contribution in [0.4, 0.5) is 0 Å². The number of ether oxygens (including phenoxy) is 1. The average molecular weight is 249 g/mol. The standard InChI is InChI=1S/C16H27NO/c1-13(2)8-7-11-18-16-10-6-5-9-15(16)12-17-14(3)4/h5-6,9-10,13-14,17H,7-8,11-12H2,1-4H3. The Kier molecular flexibility index (Phi) is 6.81. The quantitative estimate of drug-likeness (QED) is 0.703. The van der Waals surface area contributed by atoms with E-state index >= 15 is 0 Å². The predicted octanol–water partition coefficient (Wildman–Crippen LogP) is 4.00. The minimum absolute atomic E-state index is 0.499. The van der Waals surface area contributed by atoms with Gasteiger partial charge in [0.1, 0.15) is 5.75 Å². The van der Waals surface area contributed by atoms with Crippen molar-refractivity contribution in [2.24, 2.45) is 5.92 Å². The van der Waals surface area contributed by atoms with Gasteiger partial charge in [-0.3, -0.25) is 0 Å². The molecule has 0 aliphatic heterocycles. The van der Waals surface area contributed by atoms with E-state index in [9.17, 15) is 0 Å². The van der Waals surface area contributed by atoms with Crippen LogP contribution in [0.5, 0.6) is 5.75 Å². The molecule has 0 aromatic heterocycles. The number of nitrogens with one attached hydrogen (secondary N) is 1. The number of hydrogen-bond acceptors (Lipinski definition) is 2. The van der Waals surface area contributed by atoms with Gasteiger partial charge >= 0.3 is 0 Å². The van der Waals surface area contributed by atoms with Gasteiger partial charge in [0.15, 0.2) is 0 Å². The maximum absolute atomic E-state index is 5.88. The van der Waals surface area contributed by atoms with Crippen LogP contribution in [0.2, 0.25) is 0 Å². The zero-order valence-corrected chi connectivity index (χ0v) is 12.2. The molecule has 0 saturated carbocycles. The summed E-state index contributed by atoms with van der Waals surface area (Å²) in [6.45, 7) is 10.5. The molecule has 0 amide bonds. The van der Waals surface area contributed by atoms with Crippen LogP contribution < -0.4 is 10.1 Å². The Bertz CT molecular complexity index is 334. The Labute approximate surface area is 112 Å². The van der Waals surface area contributed by atoms with Crippen LogP contribution in [0.25, 0.3) is 0 Å². The molecule has 0 aliphatic carbocycles. The SMILES string of the molecule is CC(C)CCCOc1ccccc1CNC(C)C. The lowest BCUT2D eigenvalue weighted by Gasteiger charge is -2.14. The molecule has 0 saturated heterocycles. The third-order valence-electron chi connectivity index (χ3n) is 2.86. The van der Waals surface area contributed by atoms with E-state index in [-0.39, 0.29) is 0 Å². The monoisotopic (exact) mass is 249 g/mol. The fraction of sp³-hybridized carbons (Fsp3) is 0.625. The van der Waals surface area contributed by atoms with Gasteiger partial charge in [-0.15, -0.1) is 0 Å². The summed E-state index contributed by atoms with van der Waals surface area (Å²) >= 11 is 0. The fourth-order valence-corrected chi connectivity index (χ4v) is 1.78. The minimum atomic E-state index is 0.499. The van der Waals surface area contributed by atoms with Crippen LogP contribution in [0.1, 0.15) is 46.1 Å². The van der Waals surface area contributed by atoms with Crippen LogP contribution in [0.15, 0.2) is 24.3 Å². The van der Waals surface area contributed by atoms with Crippen molar-refractivity contribution in [2.75, 3.05) is 6.61 Å². The van der Waals surface area contributed by atoms with Crippen LogP contribution in [-0.2, 0) is 6.54 Å². The van der Waals surface area contributed by atoms with Gasteiger partial charge in [-0.05, 0) is 24.8 Å². The van der Waals surface area contributed by atoms with Crippen molar-refractivity contribution in [3.05, 3.63) is 29.8 Å². The summed E-state index contributed by atoms with van der Waals surface area (Å²) in [5.74, 6) is 1.78. The van der Waals surface area contributed by atoms with E-state index in [4.69, 9.17) is 4.74 Å². The molecule has 1 rings (SSSR count). The maximum Gasteiger partial charge on any atom is 0.123 e. The number of benzene rings is 1. The van der Waals surface area contributed by atoms with E-state index in [1.807, 2.05) is 6.07 Å². The molecular weight excluding hydrogens is 222 g/mol. The predicted molar refractivity (Wildman–Crippen MR) is 78.0 cm³/mol. The molecule has 0 unspecified atom stereocenters. The molecule has 1 N–H and O–H groups in total. The highest BCUT2D eigenvalue weighted by atomic mass is 16.5. The van der Waals surface area contributed by atoms with E-state index in [1.165, 1.54) is 12.0 Å². The van der Waals surface area contributed by atoms with Crippen LogP contribution in [-0.4, -0.2) is 12.6 Å². The molecular formula is C16H27NO. The zero-order chi connectivity index (χ0) is 13.4. The molecule has 2 heteroatoms. The first-order valence-electron chi connectivity index (χ1n) is 7.03. The van der Waals surface area contributed by atoms with Gasteiger partial charge in [0.2, 0.25) is 0 Å². The first kappa shape index (κ1) is 15.0. The van der Waals surface area contributed by atoms with Gasteiger partial charge in [-0.1, -0.05) is 45.9 Å². The summed E-state index contributed by atoms with van der Waals surface area (Å²) in [4.78, 5) is 0. The van der Waals surface area contributed by atoms with Gasteiger partial charge in [0.05, 0.1) is 6.61 Å². The molecule has 0 heterocycles. The Morgan fingerprint density at radius 2 is 1.83 bits per heavy atom. The topological polar surface area (TPSA) is 21.3 Å². The second-order valence-corrected chi connectivity index (χ2v) is 5.53. The second kappa shape index (κ2) is 8.15. The Hall–Kier alpha value is -1.02. The molecule has 0 spiro atoms. The summed E-state index contributed by atoms with van der Waals surface area (Å²) in [6.07, 6.45) is 2.36. The molecule has 0 fully saturated rings. The zero-order valence-electron chi connectivity index (χ0n) is 12.2. The molecule has 0 aliphatic rings. The molecule has 102 valence electrons. The molecule has 1 aromatic rings. The Morgan fingerprint density at radius 1 is 1.11 bits per heavy atom. The fourth-order valence-electron chi connectivity index (χ4n) is 1.78. The number of para-hydroxylation sites is 1. The first-order chi connectivity index (χ1) is 8.59. The summed E-state index contributed by atoms with van der Waals surface area (Å²) in [5, 5.41) is 3.43. The van der Waals surface area contributed by atoms with E-state index in [0.717, 1.165) is 31.2 Å². The maximum atomic E-state index is 5.88. The van der Waals surface area contributed by atoms with Gasteiger partial charge in [-0.2, -0.15) is 0 Å². The van der Waals surface area contributed by atoms with Crippen LogP contribution in [0, 0.1) is 5.92 Å². The normalized spacial score (nSPS) is 11.2. The van der Waals surface area contributed by atoms with Crippen molar-refractivity contribution in [1.29, 1.82) is 0 Å². The molecule has 18 heavy (non-hydrogen) atoms. The molecule has 2 nitrogen and oxygen atoms in total. The summed E-state index contributed by atoms with van der Waals surface area (Å²) < 4.78 is 5.88. The smallest absolute Gasteiger partial charge is 0.123 e. The van der Waals surface area contributed by atoms with E-state index < -0.39 is 0 Å². The largest absolute Gasteiger partial charge is 0.493 e. The highest BCUT2D eigenvalue weighted by molar-refractivity contribution is 5.33. The lowest BCUT2D eigenvalue weighted by atomic mass is 10.1. The highest BCUT2D eigenvalue weighted by Gasteiger charge is 2.03. The molecule has 1 aromatic carbocycles. The lowest BCUT2D eigenvalue weighted by Crippen LogP contribution is -2.22. The van der Waals surface area contributed by atoms with E-state index in [0.29, 0.717) is 6.04 Å². The van der Waals surface area contributed by atoms with Crippen molar-refractivity contribution in [1.82, 2.24) is 5.32 Å². The van der Waals surface area contributed by atoms with E-state index in [2.05, 4.69) is 51.2 Å². The van der Waals surface area contributed by atoms with Crippen LogP contribution >= 0.6 is 0 Å². The van der Waals surface area contributed by atoms with Crippen molar-refractivity contribution >= 4 is 0 Å². The van der Waals surface area contributed by atoms with Crippen molar-refractivity contribution in [2.45, 2.75) is 53.1 Å². The number of hydrogen-bond donors (Lipinski definition) is 1. The average Bonchev–Trinajstić information content (AvgIpc) is 2.33. The Morgan fingerprint density at radius 3 is 2.50 bits per heavy atom. The summed E-state index contributed by atoms with van der Waals surface area (Å²) in [5.41, 5.74) is 1.25. The highest BCUT2D eigenvalue weighted by Crippen LogP contribution is 2.18. The van der Waals surface area contributed by atoms with Crippen molar-refractivity contribution < 1.29 is 4.74 Å².